The molecule has 8 nitrogen and oxygen atoms in total. The van der Waals surface area contributed by atoms with Crippen LogP contribution in [0.2, 0.25) is 0 Å². The van der Waals surface area contributed by atoms with Crippen molar-refractivity contribution in [2.24, 2.45) is 21.8 Å². The number of hydrogen-bond acceptors (Lipinski definition) is 8. The fraction of sp³-hybridized carbons (Fsp3) is 0.200. The normalized spacial score (nSPS) is 16.0. The summed E-state index contributed by atoms with van der Waals surface area (Å²) in [6, 6.07) is 0. The summed E-state index contributed by atoms with van der Waals surface area (Å²) in [4.78, 5) is 24.7. The average molecular weight is 314 g/mol. The lowest BCUT2D eigenvalue weighted by molar-refractivity contribution is 0.420. The molecule has 0 aromatic rings. The molecule has 120 valence electrons. The Hall–Kier alpha value is -3.16. The summed E-state index contributed by atoms with van der Waals surface area (Å²) < 4.78 is 0. The molecule has 0 saturated carbocycles. The van der Waals surface area contributed by atoms with Crippen molar-refractivity contribution in [3.8, 4) is 0 Å². The van der Waals surface area contributed by atoms with Gasteiger partial charge in [0.05, 0.1) is 0 Å². The molecule has 2 aliphatic heterocycles. The van der Waals surface area contributed by atoms with Gasteiger partial charge in [-0.1, -0.05) is 0 Å². The number of nitroso groups, excluding NO2 is 2. The molecule has 0 saturated heterocycles. The van der Waals surface area contributed by atoms with Crippen molar-refractivity contribution in [2.75, 3.05) is 13.1 Å². The predicted molar refractivity (Wildman–Crippen MR) is 88.6 cm³/mol. The molecule has 0 aromatic carbocycles. The van der Waals surface area contributed by atoms with Crippen molar-refractivity contribution in [2.45, 2.75) is 6.42 Å². The fourth-order valence-electron chi connectivity index (χ4n) is 2.10. The summed E-state index contributed by atoms with van der Waals surface area (Å²) >= 11 is 0. The lowest BCUT2D eigenvalue weighted by Gasteiger charge is -2.22. The van der Waals surface area contributed by atoms with Gasteiger partial charge in [-0.2, -0.15) is 0 Å². The molecule has 4 N–H and O–H groups in total. The van der Waals surface area contributed by atoms with Gasteiger partial charge in [0.15, 0.2) is 11.6 Å². The summed E-state index contributed by atoms with van der Waals surface area (Å²) in [6.07, 6.45) is 15.3. The Morgan fingerprint density at radius 3 is 1.43 bits per heavy atom. The van der Waals surface area contributed by atoms with Crippen molar-refractivity contribution in [1.82, 2.24) is 9.80 Å². The topological polar surface area (TPSA) is 117 Å². The van der Waals surface area contributed by atoms with Gasteiger partial charge in [-0.25, -0.2) is 0 Å². The van der Waals surface area contributed by atoms with Crippen LogP contribution in [0.25, 0.3) is 0 Å². The van der Waals surface area contributed by atoms with Crippen molar-refractivity contribution in [3.63, 3.8) is 0 Å². The molecule has 2 rings (SSSR count). The van der Waals surface area contributed by atoms with Crippen LogP contribution < -0.4 is 11.5 Å². The van der Waals surface area contributed by atoms with Crippen LogP contribution in [-0.2, 0) is 0 Å². The van der Waals surface area contributed by atoms with E-state index in [4.69, 9.17) is 11.5 Å². The summed E-state index contributed by atoms with van der Waals surface area (Å²) in [5.41, 5.74) is 12.1. The highest BCUT2D eigenvalue weighted by Crippen LogP contribution is 2.14. The second-order valence-electron chi connectivity index (χ2n) is 4.96. The Labute approximate surface area is 133 Å². The first kappa shape index (κ1) is 16.2. The SMILES string of the molecule is NC(N=O)=C1C=CN(CCCN2C=CC(=C(N)N=O)C=C2)C=C1. The van der Waals surface area contributed by atoms with E-state index < -0.39 is 0 Å². The molecule has 0 unspecified atom stereocenters. The molecule has 0 bridgehead atoms. The summed E-state index contributed by atoms with van der Waals surface area (Å²) in [6.45, 7) is 1.63. The van der Waals surface area contributed by atoms with Crippen molar-refractivity contribution in [1.29, 1.82) is 0 Å². The predicted octanol–water partition coefficient (Wildman–Crippen LogP) is 1.94. The standard InChI is InChI=1S/C15H18N6O2/c16-14(18-22)12-2-8-20(9-3-12)6-1-7-21-10-4-13(5-11-21)15(17)19-23/h2-5,8-11H,1,6-7,16-17H2. The Bertz CT molecular complexity index is 569. The molecule has 0 radical (unpaired) electrons. The third kappa shape index (κ3) is 4.40. The van der Waals surface area contributed by atoms with E-state index in [2.05, 4.69) is 10.4 Å². The van der Waals surface area contributed by atoms with E-state index in [1.807, 2.05) is 34.6 Å². The number of allylic oxidation sites excluding steroid dienone is 6. The maximum absolute atomic E-state index is 10.4. The zero-order chi connectivity index (χ0) is 16.7. The van der Waals surface area contributed by atoms with Crippen LogP contribution in [0.1, 0.15) is 6.42 Å². The minimum Gasteiger partial charge on any atom is -0.380 e. The van der Waals surface area contributed by atoms with E-state index in [-0.39, 0.29) is 11.6 Å². The minimum absolute atomic E-state index is 0.0197. The Morgan fingerprint density at radius 1 is 0.783 bits per heavy atom. The van der Waals surface area contributed by atoms with Crippen LogP contribution in [0.4, 0.5) is 0 Å². The second-order valence-corrected chi connectivity index (χ2v) is 4.96. The summed E-state index contributed by atoms with van der Waals surface area (Å²) in [7, 11) is 0. The maximum atomic E-state index is 10.4. The first-order chi connectivity index (χ1) is 11.1. The fourth-order valence-corrected chi connectivity index (χ4v) is 2.10. The molecule has 0 aliphatic carbocycles. The van der Waals surface area contributed by atoms with Gasteiger partial charge in [0.25, 0.3) is 0 Å². The molecule has 2 aliphatic rings. The first-order valence-corrected chi connectivity index (χ1v) is 7.04. The molecule has 0 aromatic heterocycles. The van der Waals surface area contributed by atoms with Crippen LogP contribution in [0.15, 0.2) is 82.2 Å². The van der Waals surface area contributed by atoms with Gasteiger partial charge < -0.3 is 21.3 Å². The summed E-state index contributed by atoms with van der Waals surface area (Å²) in [5, 5.41) is 5.42. The number of nitrogens with two attached hydrogens (primary N) is 2. The van der Waals surface area contributed by atoms with Gasteiger partial charge in [0.1, 0.15) is 0 Å². The molecular weight excluding hydrogens is 296 g/mol. The second kappa shape index (κ2) is 7.74. The number of hydrogen-bond donors (Lipinski definition) is 2. The van der Waals surface area contributed by atoms with Crippen molar-refractivity contribution < 1.29 is 0 Å². The molecule has 0 fully saturated rings. The van der Waals surface area contributed by atoms with Crippen LogP contribution in [0.3, 0.4) is 0 Å². The maximum Gasteiger partial charge on any atom is 0.175 e. The Balaban J connectivity index is 1.78. The van der Waals surface area contributed by atoms with Crippen LogP contribution in [0.5, 0.6) is 0 Å². The molecule has 23 heavy (non-hydrogen) atoms. The third-order valence-corrected chi connectivity index (χ3v) is 3.40. The lowest BCUT2D eigenvalue weighted by Crippen LogP contribution is -2.20. The number of rotatable bonds is 6. The van der Waals surface area contributed by atoms with Crippen LogP contribution in [-0.4, -0.2) is 22.9 Å². The summed E-state index contributed by atoms with van der Waals surface area (Å²) in [5.74, 6) is -0.0395. The molecule has 0 spiro atoms. The van der Waals surface area contributed by atoms with Crippen molar-refractivity contribution in [3.05, 3.63) is 81.7 Å². The highest BCUT2D eigenvalue weighted by Gasteiger charge is 2.07. The lowest BCUT2D eigenvalue weighted by atomic mass is 10.2. The highest BCUT2D eigenvalue weighted by molar-refractivity contribution is 5.37. The van der Waals surface area contributed by atoms with E-state index in [0.717, 1.165) is 19.5 Å². The van der Waals surface area contributed by atoms with Crippen LogP contribution >= 0.6 is 0 Å². The van der Waals surface area contributed by atoms with E-state index in [0.29, 0.717) is 11.1 Å². The van der Waals surface area contributed by atoms with Gasteiger partial charge in [-0.15, -0.1) is 9.81 Å². The quantitative estimate of drug-likeness (QED) is 0.723. The van der Waals surface area contributed by atoms with Crippen molar-refractivity contribution >= 4 is 0 Å². The first-order valence-electron chi connectivity index (χ1n) is 7.04. The monoisotopic (exact) mass is 314 g/mol. The molecule has 0 amide bonds. The minimum atomic E-state index is -0.0197. The molecule has 8 heteroatoms. The van der Waals surface area contributed by atoms with Gasteiger partial charge in [-0.05, 0) is 41.1 Å². The van der Waals surface area contributed by atoms with E-state index in [1.54, 1.807) is 24.3 Å². The molecule has 2 heterocycles. The van der Waals surface area contributed by atoms with Gasteiger partial charge >= 0.3 is 0 Å². The van der Waals surface area contributed by atoms with Gasteiger partial charge in [0, 0.05) is 49.0 Å². The van der Waals surface area contributed by atoms with E-state index in [1.165, 1.54) is 0 Å². The molecular formula is C15H18N6O2. The largest absolute Gasteiger partial charge is 0.380 e. The third-order valence-electron chi connectivity index (χ3n) is 3.40. The van der Waals surface area contributed by atoms with E-state index in [9.17, 15) is 9.81 Å². The zero-order valence-corrected chi connectivity index (χ0v) is 12.5. The van der Waals surface area contributed by atoms with Crippen LogP contribution in [0, 0.1) is 9.81 Å². The number of nitrogens with zero attached hydrogens (tertiary/aromatic N) is 4. The van der Waals surface area contributed by atoms with Gasteiger partial charge in [-0.3, -0.25) is 0 Å². The molecule has 0 atom stereocenters. The average Bonchev–Trinajstić information content (AvgIpc) is 2.61. The Morgan fingerprint density at radius 2 is 1.13 bits per heavy atom. The Kier molecular flexibility index (Phi) is 5.45. The zero-order valence-electron chi connectivity index (χ0n) is 12.5. The van der Waals surface area contributed by atoms with Gasteiger partial charge in [0.2, 0.25) is 0 Å². The van der Waals surface area contributed by atoms with E-state index >= 15 is 0 Å². The smallest absolute Gasteiger partial charge is 0.175 e. The highest BCUT2D eigenvalue weighted by atomic mass is 16.3.